The van der Waals surface area contributed by atoms with Crippen molar-refractivity contribution in [2.45, 2.75) is 33.0 Å². The van der Waals surface area contributed by atoms with Gasteiger partial charge in [0, 0.05) is 74.9 Å². The van der Waals surface area contributed by atoms with E-state index in [9.17, 15) is 4.79 Å². The summed E-state index contributed by atoms with van der Waals surface area (Å²) in [5, 5.41) is 3.53. The first kappa shape index (κ1) is 40.5. The summed E-state index contributed by atoms with van der Waals surface area (Å²) in [5.41, 5.74) is 10.6. The molecule has 0 radical (unpaired) electrons. The van der Waals surface area contributed by atoms with Crippen LogP contribution in [0.3, 0.4) is 0 Å². The normalized spacial score (nSPS) is 13.4. The first-order chi connectivity index (χ1) is 25.8. The lowest BCUT2D eigenvalue weighted by Gasteiger charge is -2.37. The highest BCUT2D eigenvalue weighted by molar-refractivity contribution is 6.41. The number of nitrogens with two attached hydrogens (primary N) is 1. The average molecular weight is 779 g/mol. The molecule has 3 aromatic heterocycles. The van der Waals surface area contributed by atoms with Gasteiger partial charge < -0.3 is 40.2 Å². The number of hydrogen-bond acceptors (Lipinski definition) is 12. The number of carbonyl (C=O) groups is 1. The van der Waals surface area contributed by atoms with Crippen molar-refractivity contribution in [3.8, 4) is 22.6 Å². The fraction of sp³-hybridized carbons (Fsp3) is 0.395. The van der Waals surface area contributed by atoms with E-state index in [1.165, 1.54) is 20.4 Å². The van der Waals surface area contributed by atoms with Crippen LogP contribution in [-0.2, 0) is 13.1 Å². The Morgan fingerprint density at radius 2 is 1.54 bits per heavy atom. The summed E-state index contributed by atoms with van der Waals surface area (Å²) in [5.74, 6) is 1.85. The third kappa shape index (κ3) is 9.49. The van der Waals surface area contributed by atoms with Crippen molar-refractivity contribution in [1.29, 1.82) is 0 Å². The molecule has 0 spiro atoms. The number of anilines is 3. The van der Waals surface area contributed by atoms with Crippen LogP contribution < -0.4 is 25.4 Å². The molecule has 1 saturated heterocycles. The lowest BCUT2D eigenvalue weighted by molar-refractivity contribution is 0.102. The minimum absolute atomic E-state index is 0.300. The molecule has 0 unspecified atom stereocenters. The van der Waals surface area contributed by atoms with Crippen LogP contribution in [0, 0.1) is 0 Å². The fourth-order valence-corrected chi connectivity index (χ4v) is 6.93. The molecule has 54 heavy (non-hydrogen) atoms. The van der Waals surface area contributed by atoms with E-state index in [1.807, 2.05) is 40.3 Å². The van der Waals surface area contributed by atoms with Crippen LogP contribution >= 0.6 is 23.2 Å². The predicted octanol–water partition coefficient (Wildman–Crippen LogP) is 5.91. The van der Waals surface area contributed by atoms with E-state index in [1.54, 1.807) is 30.6 Å². The fourth-order valence-electron chi connectivity index (χ4n) is 6.22. The summed E-state index contributed by atoms with van der Waals surface area (Å²) in [7, 11) is 11.1. The summed E-state index contributed by atoms with van der Waals surface area (Å²) in [6, 6.07) is 9.37. The molecule has 0 atom stereocenters. The van der Waals surface area contributed by atoms with Gasteiger partial charge >= 0.3 is 0 Å². The van der Waals surface area contributed by atoms with Crippen molar-refractivity contribution in [2.24, 2.45) is 0 Å². The van der Waals surface area contributed by atoms with E-state index in [0.717, 1.165) is 56.5 Å². The number of amides is 1. The number of nitrogens with zero attached hydrogens (tertiary/aromatic N) is 8. The van der Waals surface area contributed by atoms with Crippen LogP contribution in [0.2, 0.25) is 10.0 Å². The molecule has 14 nitrogen and oxygen atoms in total. The molecular weight excluding hydrogens is 729 g/mol. The Morgan fingerprint density at radius 3 is 2.09 bits per heavy atom. The molecule has 0 aliphatic carbocycles. The van der Waals surface area contributed by atoms with Gasteiger partial charge in [0.2, 0.25) is 0 Å². The van der Waals surface area contributed by atoms with Gasteiger partial charge in [-0.3, -0.25) is 19.7 Å². The van der Waals surface area contributed by atoms with E-state index in [0.29, 0.717) is 66.9 Å². The number of benzene rings is 2. The first-order valence-corrected chi connectivity index (χ1v) is 18.3. The number of nitrogen functional groups attached to an aromatic ring is 1. The number of halogens is 2. The van der Waals surface area contributed by atoms with E-state index in [-0.39, 0.29) is 5.91 Å². The molecule has 5 aromatic rings. The smallest absolute Gasteiger partial charge is 0.257 e. The summed E-state index contributed by atoms with van der Waals surface area (Å²) in [6.45, 7) is 9.93. The first-order valence-electron chi connectivity index (χ1n) is 17.5. The SMILES string of the molecule is CN(C)Cc1nc(N)[nH]c1CN(C)C.COc1cc(OC)c(Cl)c(-c2ccc(C(=O)Nc3ccc(N4CCN(C(C)C)CC4)nc3)c3nccnc23)c1Cl. The Labute approximate surface area is 326 Å². The number of aromatic amines is 1. The zero-order valence-electron chi connectivity index (χ0n) is 32.1. The Morgan fingerprint density at radius 1 is 0.907 bits per heavy atom. The number of pyridine rings is 1. The molecule has 4 N–H and O–H groups in total. The molecule has 0 saturated carbocycles. The van der Waals surface area contributed by atoms with Gasteiger partial charge in [-0.15, -0.1) is 0 Å². The van der Waals surface area contributed by atoms with Crippen molar-refractivity contribution in [1.82, 2.24) is 39.6 Å². The number of H-pyrrole nitrogens is 1. The van der Waals surface area contributed by atoms with Crippen LogP contribution in [0.25, 0.3) is 22.2 Å². The number of fused-ring (bicyclic) bond motifs is 1. The molecule has 6 rings (SSSR count). The predicted molar refractivity (Wildman–Crippen MR) is 217 cm³/mol. The number of methoxy groups -OCH3 is 2. The monoisotopic (exact) mass is 777 g/mol. The summed E-state index contributed by atoms with van der Waals surface area (Å²) < 4.78 is 10.8. The Kier molecular flexibility index (Phi) is 13.5. The maximum absolute atomic E-state index is 13.4. The minimum atomic E-state index is -0.336. The molecule has 2 aromatic carbocycles. The van der Waals surface area contributed by atoms with Gasteiger partial charge in [-0.2, -0.15) is 0 Å². The topological polar surface area (TPSA) is 154 Å². The molecule has 4 heterocycles. The van der Waals surface area contributed by atoms with Crippen LogP contribution in [-0.4, -0.2) is 120 Å². The second-order valence-corrected chi connectivity index (χ2v) is 14.5. The lowest BCUT2D eigenvalue weighted by Crippen LogP contribution is -2.49. The molecule has 1 fully saturated rings. The zero-order valence-corrected chi connectivity index (χ0v) is 33.6. The molecule has 288 valence electrons. The second-order valence-electron chi connectivity index (χ2n) is 13.7. The highest BCUT2D eigenvalue weighted by Gasteiger charge is 2.24. The van der Waals surface area contributed by atoms with E-state index >= 15 is 0 Å². The van der Waals surface area contributed by atoms with Gasteiger partial charge in [0.15, 0.2) is 5.95 Å². The van der Waals surface area contributed by atoms with Crippen molar-refractivity contribution in [3.63, 3.8) is 0 Å². The standard InChI is InChI=1S/C29H30Cl2N6O3.C9H19N5/c1-17(2)36-11-13-37(14-12-36)23-8-5-18(16-34-23)35-29(38)20-7-6-19(27-28(20)33-10-9-32-27)24-25(30)21(39-3)15-22(40-4)26(24)31;1-13(2)5-7-8(6-14(3)4)12-9(10)11-7/h5-10,15-17H,11-14H2,1-4H3,(H,35,38);5-6H2,1-4H3,(H3,10,11,12). The van der Waals surface area contributed by atoms with Gasteiger partial charge in [-0.1, -0.05) is 29.3 Å². The molecule has 1 amide bonds. The van der Waals surface area contributed by atoms with Crippen molar-refractivity contribution >= 4 is 57.6 Å². The van der Waals surface area contributed by atoms with Gasteiger partial charge in [0.1, 0.15) is 22.8 Å². The van der Waals surface area contributed by atoms with E-state index < -0.39 is 0 Å². The number of imidazole rings is 1. The number of ether oxygens (including phenoxy) is 2. The van der Waals surface area contributed by atoms with Gasteiger partial charge in [-0.25, -0.2) is 9.97 Å². The molecule has 0 bridgehead atoms. The second kappa shape index (κ2) is 18.1. The van der Waals surface area contributed by atoms with Crippen LogP contribution in [0.1, 0.15) is 35.6 Å². The minimum Gasteiger partial charge on any atom is -0.495 e. The molecule has 16 heteroatoms. The van der Waals surface area contributed by atoms with Gasteiger partial charge in [0.25, 0.3) is 5.91 Å². The third-order valence-electron chi connectivity index (χ3n) is 8.91. The Hall–Kier alpha value is -4.73. The van der Waals surface area contributed by atoms with Crippen LogP contribution in [0.5, 0.6) is 11.5 Å². The number of nitrogens with one attached hydrogen (secondary N) is 2. The highest BCUT2D eigenvalue weighted by Crippen LogP contribution is 2.47. The largest absolute Gasteiger partial charge is 0.495 e. The number of aromatic nitrogens is 5. The number of piperazine rings is 1. The summed E-state index contributed by atoms with van der Waals surface area (Å²) in [4.78, 5) is 43.2. The van der Waals surface area contributed by atoms with Gasteiger partial charge in [0.05, 0.1) is 58.6 Å². The quantitative estimate of drug-likeness (QED) is 0.146. The Bertz CT molecular complexity index is 1990. The average Bonchev–Trinajstić information content (AvgIpc) is 3.48. The molecule has 1 aliphatic rings. The number of hydrogen-bond donors (Lipinski definition) is 3. The lowest BCUT2D eigenvalue weighted by atomic mass is 9.99. The van der Waals surface area contributed by atoms with E-state index in [2.05, 4.69) is 63.7 Å². The summed E-state index contributed by atoms with van der Waals surface area (Å²) >= 11 is 13.3. The summed E-state index contributed by atoms with van der Waals surface area (Å²) in [6.07, 6.45) is 4.76. The maximum atomic E-state index is 13.4. The van der Waals surface area contributed by atoms with Crippen LogP contribution in [0.4, 0.5) is 17.5 Å². The van der Waals surface area contributed by atoms with Crippen molar-refractivity contribution in [3.05, 3.63) is 75.9 Å². The van der Waals surface area contributed by atoms with Gasteiger partial charge in [-0.05, 0) is 60.2 Å². The molecule has 1 aliphatic heterocycles. The van der Waals surface area contributed by atoms with Crippen molar-refractivity contribution in [2.75, 3.05) is 84.5 Å². The zero-order chi connectivity index (χ0) is 39.1. The maximum Gasteiger partial charge on any atom is 0.257 e. The third-order valence-corrected chi connectivity index (χ3v) is 9.66. The molecular formula is C38H49Cl2N11O3. The highest BCUT2D eigenvalue weighted by atomic mass is 35.5. The Balaban J connectivity index is 0.000000338. The number of carbonyl (C=O) groups excluding carboxylic acids is 1. The number of rotatable bonds is 11. The van der Waals surface area contributed by atoms with Crippen molar-refractivity contribution < 1.29 is 14.3 Å². The van der Waals surface area contributed by atoms with Crippen LogP contribution in [0.15, 0.2) is 48.9 Å². The van der Waals surface area contributed by atoms with E-state index in [4.69, 9.17) is 38.4 Å².